The standard InChI is InChI=1S/C17H17ClN2O2/c1-2-20-14-7-6-13(19)10-15(14)22-16(17(20)21)9-11-4-3-5-12(18)8-11/h3-8,10,16H,2,9,19H2,1H3. The molecule has 0 aromatic heterocycles. The number of benzene rings is 2. The smallest absolute Gasteiger partial charge is 0.268 e. The number of likely N-dealkylation sites (N-methyl/N-ethyl adjacent to an activating group) is 1. The van der Waals surface area contributed by atoms with Gasteiger partial charge in [0.25, 0.3) is 5.91 Å². The number of carbonyl (C=O) groups is 1. The first-order valence-electron chi connectivity index (χ1n) is 7.20. The zero-order valence-corrected chi connectivity index (χ0v) is 13.0. The van der Waals surface area contributed by atoms with Crippen molar-refractivity contribution in [1.29, 1.82) is 0 Å². The molecule has 3 rings (SSSR count). The zero-order chi connectivity index (χ0) is 15.7. The Morgan fingerprint density at radius 3 is 2.82 bits per heavy atom. The Morgan fingerprint density at radius 1 is 1.27 bits per heavy atom. The summed E-state index contributed by atoms with van der Waals surface area (Å²) in [4.78, 5) is 14.4. The number of hydrogen-bond acceptors (Lipinski definition) is 3. The molecule has 1 amide bonds. The first kappa shape index (κ1) is 14.7. The first-order chi connectivity index (χ1) is 10.6. The summed E-state index contributed by atoms with van der Waals surface area (Å²) in [7, 11) is 0. The molecule has 2 N–H and O–H groups in total. The minimum absolute atomic E-state index is 0.0419. The molecule has 4 nitrogen and oxygen atoms in total. The van der Waals surface area contributed by atoms with E-state index in [9.17, 15) is 4.79 Å². The highest BCUT2D eigenvalue weighted by molar-refractivity contribution is 6.30. The van der Waals surface area contributed by atoms with Crippen LogP contribution in [0.3, 0.4) is 0 Å². The maximum Gasteiger partial charge on any atom is 0.268 e. The molecule has 1 aliphatic rings. The van der Waals surface area contributed by atoms with Crippen LogP contribution in [0.4, 0.5) is 11.4 Å². The number of fused-ring (bicyclic) bond motifs is 1. The molecule has 1 heterocycles. The molecule has 5 heteroatoms. The van der Waals surface area contributed by atoms with E-state index in [0.29, 0.717) is 29.4 Å². The molecular weight excluding hydrogens is 300 g/mol. The molecule has 0 bridgehead atoms. The maximum atomic E-state index is 12.6. The Hall–Kier alpha value is -2.20. The van der Waals surface area contributed by atoms with Crippen molar-refractivity contribution in [3.63, 3.8) is 0 Å². The summed E-state index contributed by atoms with van der Waals surface area (Å²) in [6.45, 7) is 2.53. The van der Waals surface area contributed by atoms with Gasteiger partial charge in [0.1, 0.15) is 5.75 Å². The fourth-order valence-electron chi connectivity index (χ4n) is 2.68. The second-order valence-corrected chi connectivity index (χ2v) is 5.69. The van der Waals surface area contributed by atoms with E-state index in [-0.39, 0.29) is 5.91 Å². The molecule has 22 heavy (non-hydrogen) atoms. The van der Waals surface area contributed by atoms with Crippen molar-refractivity contribution < 1.29 is 9.53 Å². The number of anilines is 2. The normalized spacial score (nSPS) is 17.1. The largest absolute Gasteiger partial charge is 0.478 e. The van der Waals surface area contributed by atoms with Crippen molar-refractivity contribution in [3.8, 4) is 5.75 Å². The number of halogens is 1. The van der Waals surface area contributed by atoms with E-state index in [1.165, 1.54) is 0 Å². The number of nitrogen functional groups attached to an aromatic ring is 1. The lowest BCUT2D eigenvalue weighted by molar-refractivity contribution is -0.126. The summed E-state index contributed by atoms with van der Waals surface area (Å²) < 4.78 is 5.89. The van der Waals surface area contributed by atoms with E-state index < -0.39 is 6.10 Å². The molecule has 0 aliphatic carbocycles. The highest BCUT2D eigenvalue weighted by atomic mass is 35.5. The van der Waals surface area contributed by atoms with E-state index in [1.807, 2.05) is 37.3 Å². The molecule has 0 radical (unpaired) electrons. The van der Waals surface area contributed by atoms with E-state index in [0.717, 1.165) is 11.3 Å². The Morgan fingerprint density at radius 2 is 2.09 bits per heavy atom. The Bertz CT molecular complexity index is 718. The predicted molar refractivity (Wildman–Crippen MR) is 88.5 cm³/mol. The van der Waals surface area contributed by atoms with Gasteiger partial charge in [0.2, 0.25) is 0 Å². The Labute approximate surface area is 134 Å². The second-order valence-electron chi connectivity index (χ2n) is 5.25. The SMILES string of the molecule is CCN1C(=O)C(Cc2cccc(Cl)c2)Oc2cc(N)ccc21. The fraction of sp³-hybridized carbons (Fsp3) is 0.235. The molecule has 1 atom stereocenters. The second kappa shape index (κ2) is 5.89. The lowest BCUT2D eigenvalue weighted by Crippen LogP contribution is -2.46. The van der Waals surface area contributed by atoms with Crippen LogP contribution in [-0.4, -0.2) is 18.6 Å². The topological polar surface area (TPSA) is 55.6 Å². The monoisotopic (exact) mass is 316 g/mol. The number of nitrogens with two attached hydrogens (primary N) is 1. The minimum Gasteiger partial charge on any atom is -0.478 e. The number of hydrogen-bond donors (Lipinski definition) is 1. The molecule has 1 aliphatic heterocycles. The molecule has 0 fully saturated rings. The first-order valence-corrected chi connectivity index (χ1v) is 7.58. The highest BCUT2D eigenvalue weighted by Gasteiger charge is 2.33. The maximum absolute atomic E-state index is 12.6. The summed E-state index contributed by atoms with van der Waals surface area (Å²) in [5.74, 6) is 0.605. The lowest BCUT2D eigenvalue weighted by Gasteiger charge is -2.34. The van der Waals surface area contributed by atoms with Crippen LogP contribution in [0, 0.1) is 0 Å². The van der Waals surface area contributed by atoms with Crippen LogP contribution in [0.25, 0.3) is 0 Å². The molecule has 1 unspecified atom stereocenters. The van der Waals surface area contributed by atoms with Crippen molar-refractivity contribution in [2.45, 2.75) is 19.4 Å². The summed E-state index contributed by atoms with van der Waals surface area (Å²) in [5, 5.41) is 0.651. The third-order valence-electron chi connectivity index (χ3n) is 3.71. The molecule has 2 aromatic carbocycles. The van der Waals surface area contributed by atoms with Gasteiger partial charge in [0.05, 0.1) is 5.69 Å². The fourth-order valence-corrected chi connectivity index (χ4v) is 2.89. The molecule has 114 valence electrons. The Balaban J connectivity index is 1.92. The number of carbonyl (C=O) groups excluding carboxylic acids is 1. The predicted octanol–water partition coefficient (Wildman–Crippen LogP) is 3.28. The van der Waals surface area contributed by atoms with E-state index >= 15 is 0 Å². The van der Waals surface area contributed by atoms with Crippen molar-refractivity contribution >= 4 is 28.9 Å². The molecular formula is C17H17ClN2O2. The molecule has 0 spiro atoms. The third kappa shape index (κ3) is 2.74. The summed E-state index contributed by atoms with van der Waals surface area (Å²) >= 11 is 6.00. The van der Waals surface area contributed by atoms with Gasteiger partial charge in [0.15, 0.2) is 6.10 Å². The minimum atomic E-state index is -0.562. The van der Waals surface area contributed by atoms with Gasteiger partial charge in [-0.05, 0) is 36.8 Å². The van der Waals surface area contributed by atoms with Crippen LogP contribution in [0.5, 0.6) is 5.75 Å². The Kier molecular flexibility index (Phi) is 3.94. The van der Waals surface area contributed by atoms with Crippen molar-refractivity contribution in [1.82, 2.24) is 0 Å². The third-order valence-corrected chi connectivity index (χ3v) is 3.95. The number of nitrogens with zero attached hydrogens (tertiary/aromatic N) is 1. The lowest BCUT2D eigenvalue weighted by atomic mass is 10.0. The summed E-state index contributed by atoms with van der Waals surface area (Å²) in [6.07, 6.45) is -0.0860. The quantitative estimate of drug-likeness (QED) is 0.884. The molecule has 2 aromatic rings. The van der Waals surface area contributed by atoms with E-state index in [1.54, 1.807) is 17.0 Å². The van der Waals surface area contributed by atoms with Gasteiger partial charge in [-0.25, -0.2) is 0 Å². The van der Waals surface area contributed by atoms with Crippen LogP contribution >= 0.6 is 11.6 Å². The van der Waals surface area contributed by atoms with Gasteiger partial charge in [0, 0.05) is 29.7 Å². The van der Waals surface area contributed by atoms with Crippen molar-refractivity contribution in [3.05, 3.63) is 53.1 Å². The van der Waals surface area contributed by atoms with E-state index in [2.05, 4.69) is 0 Å². The molecule has 0 saturated carbocycles. The zero-order valence-electron chi connectivity index (χ0n) is 12.3. The molecule has 0 saturated heterocycles. The highest BCUT2D eigenvalue weighted by Crippen LogP contribution is 2.36. The average molecular weight is 317 g/mol. The van der Waals surface area contributed by atoms with Crippen LogP contribution in [0.1, 0.15) is 12.5 Å². The number of amides is 1. The van der Waals surface area contributed by atoms with Gasteiger partial charge < -0.3 is 15.4 Å². The van der Waals surface area contributed by atoms with Crippen LogP contribution in [-0.2, 0) is 11.2 Å². The average Bonchev–Trinajstić information content (AvgIpc) is 2.48. The van der Waals surface area contributed by atoms with Gasteiger partial charge in [-0.15, -0.1) is 0 Å². The summed E-state index contributed by atoms with van der Waals surface area (Å²) in [6, 6.07) is 12.8. The van der Waals surface area contributed by atoms with Gasteiger partial charge in [-0.2, -0.15) is 0 Å². The number of ether oxygens (including phenoxy) is 1. The number of rotatable bonds is 3. The van der Waals surface area contributed by atoms with E-state index in [4.69, 9.17) is 22.1 Å². The van der Waals surface area contributed by atoms with Crippen LogP contribution in [0.15, 0.2) is 42.5 Å². The van der Waals surface area contributed by atoms with Gasteiger partial charge in [-0.1, -0.05) is 23.7 Å². The van der Waals surface area contributed by atoms with Gasteiger partial charge in [-0.3, -0.25) is 4.79 Å². The van der Waals surface area contributed by atoms with Crippen LogP contribution < -0.4 is 15.4 Å². The van der Waals surface area contributed by atoms with Crippen molar-refractivity contribution in [2.75, 3.05) is 17.2 Å². The van der Waals surface area contributed by atoms with Crippen LogP contribution in [0.2, 0.25) is 5.02 Å². The van der Waals surface area contributed by atoms with Gasteiger partial charge >= 0.3 is 0 Å². The van der Waals surface area contributed by atoms with Crippen molar-refractivity contribution in [2.24, 2.45) is 0 Å². The summed E-state index contributed by atoms with van der Waals surface area (Å²) in [5.41, 5.74) is 8.17.